The first-order valence-corrected chi connectivity index (χ1v) is 11.8. The summed E-state index contributed by atoms with van der Waals surface area (Å²) >= 11 is 0. The molecule has 7 nitrogen and oxygen atoms in total. The van der Waals surface area contributed by atoms with Gasteiger partial charge >= 0.3 is 0 Å². The summed E-state index contributed by atoms with van der Waals surface area (Å²) in [5.74, 6) is -0.115. The van der Waals surface area contributed by atoms with Crippen LogP contribution < -0.4 is 5.32 Å². The van der Waals surface area contributed by atoms with Crippen molar-refractivity contribution < 1.29 is 9.53 Å². The molecule has 1 aromatic carbocycles. The van der Waals surface area contributed by atoms with E-state index in [-0.39, 0.29) is 5.91 Å². The molecule has 0 saturated heterocycles. The van der Waals surface area contributed by atoms with Crippen LogP contribution in [0.15, 0.2) is 73.1 Å². The van der Waals surface area contributed by atoms with Crippen molar-refractivity contribution in [3.05, 3.63) is 84.3 Å². The van der Waals surface area contributed by atoms with Gasteiger partial charge in [-0.3, -0.25) is 14.8 Å². The minimum absolute atomic E-state index is 0.115. The molecule has 1 N–H and O–H groups in total. The van der Waals surface area contributed by atoms with Crippen LogP contribution in [0.1, 0.15) is 29.4 Å². The van der Waals surface area contributed by atoms with Gasteiger partial charge in [0.25, 0.3) is 5.91 Å². The van der Waals surface area contributed by atoms with Gasteiger partial charge in [0.15, 0.2) is 0 Å². The third-order valence-electron chi connectivity index (χ3n) is 5.90. The minimum Gasteiger partial charge on any atom is -0.382 e. The lowest BCUT2D eigenvalue weighted by Gasteiger charge is -2.10. The fourth-order valence-electron chi connectivity index (χ4n) is 4.25. The van der Waals surface area contributed by atoms with Crippen LogP contribution in [0.2, 0.25) is 0 Å². The summed E-state index contributed by atoms with van der Waals surface area (Å²) < 4.78 is 7.21. The second-order valence-electron chi connectivity index (χ2n) is 8.32. The second kappa shape index (κ2) is 10.0. The van der Waals surface area contributed by atoms with E-state index in [1.165, 1.54) is 0 Å². The number of nitrogens with one attached hydrogen (secondary N) is 1. The summed E-state index contributed by atoms with van der Waals surface area (Å²) in [4.78, 5) is 22.0. The third kappa shape index (κ3) is 4.63. The fraction of sp³-hybridized carbons (Fsp3) is 0.214. The summed E-state index contributed by atoms with van der Waals surface area (Å²) in [6.45, 7) is 5.82. The Bertz CT molecular complexity index is 1510. The number of hydrogen-bond acceptors (Lipinski definition) is 5. The predicted molar refractivity (Wildman–Crippen MR) is 137 cm³/mol. The van der Waals surface area contributed by atoms with Crippen LogP contribution >= 0.6 is 0 Å². The first-order valence-electron chi connectivity index (χ1n) is 11.8. The number of carbonyl (C=O) groups is 1. The molecule has 0 fully saturated rings. The molecular weight excluding hydrogens is 438 g/mol. The first-order chi connectivity index (χ1) is 17.2. The minimum atomic E-state index is -0.115. The van der Waals surface area contributed by atoms with Crippen LogP contribution in [-0.2, 0) is 4.74 Å². The zero-order chi connectivity index (χ0) is 24.2. The number of hydrogen-bond donors (Lipinski definition) is 1. The molecule has 0 unspecified atom stereocenters. The highest BCUT2D eigenvalue weighted by molar-refractivity contribution is 6.05. The SMILES string of the molecule is CCOCCCNC(=O)c1ccc2c(-c3c(-c4cccc(C)n4)nn4ccccc34)ccnc2c1. The fourth-order valence-corrected chi connectivity index (χ4v) is 4.25. The molecule has 4 aromatic heterocycles. The lowest BCUT2D eigenvalue weighted by Crippen LogP contribution is -2.25. The molecule has 0 aliphatic carbocycles. The van der Waals surface area contributed by atoms with Crippen molar-refractivity contribution in [3.8, 4) is 22.5 Å². The van der Waals surface area contributed by atoms with Crippen LogP contribution in [0.3, 0.4) is 0 Å². The summed E-state index contributed by atoms with van der Waals surface area (Å²) in [7, 11) is 0. The number of benzene rings is 1. The van der Waals surface area contributed by atoms with E-state index in [1.54, 1.807) is 6.20 Å². The number of nitrogens with zero attached hydrogens (tertiary/aromatic N) is 4. The Morgan fingerprint density at radius 2 is 2.00 bits per heavy atom. The smallest absolute Gasteiger partial charge is 0.251 e. The Balaban J connectivity index is 1.56. The highest BCUT2D eigenvalue weighted by Crippen LogP contribution is 2.37. The monoisotopic (exact) mass is 465 g/mol. The lowest BCUT2D eigenvalue weighted by atomic mass is 9.97. The van der Waals surface area contributed by atoms with Gasteiger partial charge in [0, 0.05) is 54.4 Å². The van der Waals surface area contributed by atoms with Crippen LogP contribution in [0.4, 0.5) is 0 Å². The third-order valence-corrected chi connectivity index (χ3v) is 5.90. The molecular formula is C28H27N5O2. The Morgan fingerprint density at radius 1 is 1.09 bits per heavy atom. The Labute approximate surface area is 203 Å². The molecule has 0 aliphatic heterocycles. The largest absolute Gasteiger partial charge is 0.382 e. The zero-order valence-corrected chi connectivity index (χ0v) is 19.9. The summed E-state index contributed by atoms with van der Waals surface area (Å²) in [6.07, 6.45) is 4.50. The van der Waals surface area contributed by atoms with E-state index in [1.807, 2.05) is 79.2 Å². The molecule has 0 atom stereocenters. The van der Waals surface area contributed by atoms with Gasteiger partial charge in [-0.25, -0.2) is 4.52 Å². The number of aryl methyl sites for hydroxylation is 1. The van der Waals surface area contributed by atoms with Crippen molar-refractivity contribution in [2.45, 2.75) is 20.3 Å². The van der Waals surface area contributed by atoms with Gasteiger partial charge in [0.2, 0.25) is 0 Å². The summed E-state index contributed by atoms with van der Waals surface area (Å²) in [5.41, 5.74) is 6.86. The van der Waals surface area contributed by atoms with E-state index in [0.29, 0.717) is 25.3 Å². The molecule has 0 spiro atoms. The van der Waals surface area contributed by atoms with Crippen molar-refractivity contribution in [1.29, 1.82) is 0 Å². The van der Waals surface area contributed by atoms with E-state index < -0.39 is 0 Å². The second-order valence-corrected chi connectivity index (χ2v) is 8.32. The van der Waals surface area contributed by atoms with E-state index in [9.17, 15) is 4.79 Å². The lowest BCUT2D eigenvalue weighted by molar-refractivity contribution is 0.0944. The number of aromatic nitrogens is 4. The molecule has 0 aliphatic rings. The maximum atomic E-state index is 12.7. The summed E-state index contributed by atoms with van der Waals surface area (Å²) in [5, 5.41) is 8.78. The van der Waals surface area contributed by atoms with Crippen LogP contribution in [0.25, 0.3) is 38.9 Å². The van der Waals surface area contributed by atoms with Gasteiger partial charge < -0.3 is 10.1 Å². The number of pyridine rings is 3. The normalized spacial score (nSPS) is 11.3. The van der Waals surface area contributed by atoms with Gasteiger partial charge in [-0.2, -0.15) is 5.10 Å². The van der Waals surface area contributed by atoms with Gasteiger partial charge in [0.1, 0.15) is 5.69 Å². The highest BCUT2D eigenvalue weighted by Gasteiger charge is 2.20. The molecule has 0 bridgehead atoms. The van der Waals surface area contributed by atoms with Crippen molar-refractivity contribution >= 4 is 22.3 Å². The van der Waals surface area contributed by atoms with Gasteiger partial charge in [0.05, 0.1) is 16.7 Å². The van der Waals surface area contributed by atoms with Crippen LogP contribution in [-0.4, -0.2) is 45.2 Å². The van der Waals surface area contributed by atoms with Gasteiger partial charge in [-0.15, -0.1) is 0 Å². The van der Waals surface area contributed by atoms with Gasteiger partial charge in [-0.1, -0.05) is 18.2 Å². The van der Waals surface area contributed by atoms with Crippen molar-refractivity contribution in [2.75, 3.05) is 19.8 Å². The Morgan fingerprint density at radius 3 is 2.86 bits per heavy atom. The Kier molecular flexibility index (Phi) is 6.50. The molecule has 5 rings (SSSR count). The predicted octanol–water partition coefficient (Wildman–Crippen LogP) is 5.08. The van der Waals surface area contributed by atoms with E-state index in [0.717, 1.165) is 51.0 Å². The first kappa shape index (κ1) is 22.7. The molecule has 176 valence electrons. The standard InChI is InChI=1S/C28H27N5O2/c1-3-35-17-7-14-30-28(34)20-11-12-21-22(13-15-29-24(21)18-20)26-25-10-4-5-16-33(25)32-27(26)23-9-6-8-19(2)31-23/h4-6,8-13,15-16,18H,3,7,14,17H2,1-2H3,(H,30,34). The maximum absolute atomic E-state index is 12.7. The van der Waals surface area contributed by atoms with Gasteiger partial charge in [-0.05, 0) is 68.3 Å². The molecule has 0 radical (unpaired) electrons. The topological polar surface area (TPSA) is 81.4 Å². The van der Waals surface area contributed by atoms with Crippen LogP contribution in [0.5, 0.6) is 0 Å². The summed E-state index contributed by atoms with van der Waals surface area (Å²) in [6, 6.07) is 19.6. The maximum Gasteiger partial charge on any atom is 0.251 e. The number of ether oxygens (including phenoxy) is 1. The van der Waals surface area contributed by atoms with Crippen molar-refractivity contribution in [2.24, 2.45) is 0 Å². The van der Waals surface area contributed by atoms with Crippen molar-refractivity contribution in [3.63, 3.8) is 0 Å². The average molecular weight is 466 g/mol. The van der Waals surface area contributed by atoms with E-state index in [2.05, 4.69) is 16.4 Å². The molecule has 5 aromatic rings. The van der Waals surface area contributed by atoms with Crippen molar-refractivity contribution in [1.82, 2.24) is 24.9 Å². The van der Waals surface area contributed by atoms with Crippen LogP contribution in [0, 0.1) is 6.92 Å². The average Bonchev–Trinajstić information content (AvgIpc) is 3.27. The zero-order valence-electron chi connectivity index (χ0n) is 19.9. The molecule has 35 heavy (non-hydrogen) atoms. The number of fused-ring (bicyclic) bond motifs is 2. The number of amides is 1. The Hall–Kier alpha value is -4.10. The van der Waals surface area contributed by atoms with E-state index >= 15 is 0 Å². The molecule has 0 saturated carbocycles. The molecule has 1 amide bonds. The molecule has 4 heterocycles. The number of carbonyl (C=O) groups excluding carboxylic acids is 1. The quantitative estimate of drug-likeness (QED) is 0.323. The highest BCUT2D eigenvalue weighted by atomic mass is 16.5. The molecule has 7 heteroatoms. The number of rotatable bonds is 8. The van der Waals surface area contributed by atoms with E-state index in [4.69, 9.17) is 14.8 Å².